The Morgan fingerprint density at radius 2 is 1.24 bits per heavy atom. The number of carbonyl (C=O) groups excluding carboxylic acids is 1. The first-order valence-electron chi connectivity index (χ1n) is 16.3. The molecule has 0 radical (unpaired) electrons. The van der Waals surface area contributed by atoms with Crippen molar-refractivity contribution >= 4 is 21.8 Å². The van der Waals surface area contributed by atoms with Crippen molar-refractivity contribution in [3.63, 3.8) is 0 Å². The third kappa shape index (κ3) is 14.2. The van der Waals surface area contributed by atoms with E-state index in [9.17, 15) is 57.8 Å². The van der Waals surface area contributed by atoms with Gasteiger partial charge in [-0.1, -0.05) is 19.9 Å². The zero-order valence-corrected chi connectivity index (χ0v) is 32.1. The molecule has 3 aromatic rings. The molecule has 0 saturated carbocycles. The van der Waals surface area contributed by atoms with Gasteiger partial charge in [-0.3, -0.25) is 9.05 Å². The Morgan fingerprint density at radius 3 is 1.69 bits per heavy atom. The van der Waals surface area contributed by atoms with Gasteiger partial charge in [-0.15, -0.1) is 0 Å². The Balaban J connectivity index is 2.16. The molecule has 5 N–H and O–H groups in total. The highest BCUT2D eigenvalue weighted by atomic mass is 31.2. The van der Waals surface area contributed by atoms with E-state index in [4.69, 9.17) is 33.8 Å². The van der Waals surface area contributed by atoms with Crippen molar-refractivity contribution < 1.29 is 101 Å². The number of nitrogens with one attached hydrogen (secondary N) is 1. The minimum Gasteiger partial charge on any atom is -0.496 e. The SMILES string of the molecule is COc1cc(F)c(C(C)C)cc1-c1ccc(C(F)(F)F)cc1CN[C@@H](C)C(OC(=O)OC(COP(=O)(O)O)COP(=O)(O)O)c1cc(C(F)(F)F)cc(C(F)(F)F)c1. The first kappa shape index (κ1) is 48.6. The standard InChI is InChI=1S/C33H35F10NO12P2/c1-16(2)25-11-26(28(52-4)12-27(25)34)24-6-5-20(31(35,36)37)9-19(24)13-44-17(3)29(18-7-21(32(38,39)40)10-22(8-18)33(41,42)43)56-30(45)55-23(14-53-57(46,47)48)15-54-58(49,50)51/h5-12,16-17,23,29,44H,13-15H2,1-4H3,(H2,46,47,48)(H2,49,50,51)/t17-,29?/m0/s1. The summed E-state index contributed by atoms with van der Waals surface area (Å²) >= 11 is 0. The Morgan fingerprint density at radius 1 is 0.724 bits per heavy atom. The lowest BCUT2D eigenvalue weighted by Crippen LogP contribution is -2.36. The molecule has 13 nitrogen and oxygen atoms in total. The second-order valence-corrected chi connectivity index (χ2v) is 15.2. The topological polar surface area (TPSA) is 190 Å². The maximum atomic E-state index is 14.9. The van der Waals surface area contributed by atoms with Crippen LogP contribution in [0.3, 0.4) is 0 Å². The van der Waals surface area contributed by atoms with Gasteiger partial charge in [0.05, 0.1) is 37.0 Å². The molecule has 25 heteroatoms. The molecule has 0 fully saturated rings. The maximum Gasteiger partial charge on any atom is 0.509 e. The number of hydrogen-bond donors (Lipinski definition) is 5. The first-order valence-corrected chi connectivity index (χ1v) is 19.3. The van der Waals surface area contributed by atoms with E-state index in [0.29, 0.717) is 12.1 Å². The first-order chi connectivity index (χ1) is 26.4. The monoisotopic (exact) mass is 889 g/mol. The average molecular weight is 890 g/mol. The van der Waals surface area contributed by atoms with Crippen molar-refractivity contribution in [1.29, 1.82) is 0 Å². The van der Waals surface area contributed by atoms with Gasteiger partial charge < -0.3 is 39.1 Å². The van der Waals surface area contributed by atoms with E-state index in [-0.39, 0.29) is 46.2 Å². The Hall–Kier alpha value is -3.79. The number of hydrogen-bond acceptors (Lipinski definition) is 9. The smallest absolute Gasteiger partial charge is 0.496 e. The quantitative estimate of drug-likeness (QED) is 0.0523. The molecule has 0 amide bonds. The van der Waals surface area contributed by atoms with Gasteiger partial charge in [-0.25, -0.2) is 18.3 Å². The average Bonchev–Trinajstić information content (AvgIpc) is 3.08. The molecule has 0 aliphatic rings. The van der Waals surface area contributed by atoms with Crippen molar-refractivity contribution in [2.24, 2.45) is 0 Å². The van der Waals surface area contributed by atoms with Gasteiger partial charge in [0.1, 0.15) is 17.7 Å². The van der Waals surface area contributed by atoms with Gasteiger partial charge >= 0.3 is 40.3 Å². The molecule has 0 bridgehead atoms. The van der Waals surface area contributed by atoms with Crippen LogP contribution in [0.25, 0.3) is 11.1 Å². The lowest BCUT2D eigenvalue weighted by Gasteiger charge is -2.28. The normalized spacial score (nSPS) is 14.1. The fraction of sp³-hybridized carbons (Fsp3) is 0.424. The molecular formula is C33H35F10NO12P2. The van der Waals surface area contributed by atoms with Crippen molar-refractivity contribution in [3.8, 4) is 16.9 Å². The van der Waals surface area contributed by atoms with Crippen molar-refractivity contribution in [2.45, 2.75) is 70.0 Å². The molecule has 0 saturated heterocycles. The van der Waals surface area contributed by atoms with Crippen molar-refractivity contribution in [1.82, 2.24) is 5.32 Å². The van der Waals surface area contributed by atoms with E-state index >= 15 is 0 Å². The molecule has 1 unspecified atom stereocenters. The van der Waals surface area contributed by atoms with Crippen LogP contribution >= 0.6 is 15.6 Å². The molecule has 3 aromatic carbocycles. The second kappa shape index (κ2) is 18.6. The molecular weight excluding hydrogens is 854 g/mol. The summed E-state index contributed by atoms with van der Waals surface area (Å²) < 4.78 is 186. The number of benzene rings is 3. The molecule has 0 heterocycles. The van der Waals surface area contributed by atoms with Gasteiger partial charge in [-0.05, 0) is 71.5 Å². The highest BCUT2D eigenvalue weighted by Crippen LogP contribution is 2.42. The fourth-order valence-electron chi connectivity index (χ4n) is 5.30. The molecule has 3 rings (SSSR count). The van der Waals surface area contributed by atoms with Crippen LogP contribution in [0.5, 0.6) is 5.75 Å². The summed E-state index contributed by atoms with van der Waals surface area (Å²) in [4.78, 5) is 49.1. The molecule has 58 heavy (non-hydrogen) atoms. The summed E-state index contributed by atoms with van der Waals surface area (Å²) in [5.41, 5.74) is -5.92. The summed E-state index contributed by atoms with van der Waals surface area (Å²) in [6.07, 6.45) is -22.2. The van der Waals surface area contributed by atoms with Crippen LogP contribution in [0, 0.1) is 5.82 Å². The van der Waals surface area contributed by atoms with E-state index in [0.717, 1.165) is 26.2 Å². The molecule has 0 aliphatic carbocycles. The summed E-state index contributed by atoms with van der Waals surface area (Å²) in [5.74, 6) is -1.26. The summed E-state index contributed by atoms with van der Waals surface area (Å²) in [6.45, 7) is 0.928. The minimum absolute atomic E-state index is 0.0136. The Bertz CT molecular complexity index is 1960. The number of methoxy groups -OCH3 is 1. The fourth-order valence-corrected chi connectivity index (χ4v) is 6.02. The lowest BCUT2D eigenvalue weighted by molar-refractivity contribution is -0.143. The van der Waals surface area contributed by atoms with Crippen LogP contribution < -0.4 is 10.1 Å². The van der Waals surface area contributed by atoms with Gasteiger partial charge in [0.15, 0.2) is 6.10 Å². The zero-order chi connectivity index (χ0) is 44.2. The number of phosphoric ester groups is 2. The summed E-state index contributed by atoms with van der Waals surface area (Å²) in [7, 11) is -9.56. The highest BCUT2D eigenvalue weighted by molar-refractivity contribution is 7.46. The number of ether oxygens (including phenoxy) is 3. The van der Waals surface area contributed by atoms with Crippen molar-refractivity contribution in [2.75, 3.05) is 20.3 Å². The lowest BCUT2D eigenvalue weighted by atomic mass is 9.92. The Kier molecular flexibility index (Phi) is 15.6. The summed E-state index contributed by atoms with van der Waals surface area (Å²) in [5, 5.41) is 2.60. The van der Waals surface area contributed by atoms with Crippen LogP contribution in [-0.2, 0) is 52.7 Å². The largest absolute Gasteiger partial charge is 0.509 e. The zero-order valence-electron chi connectivity index (χ0n) is 30.3. The van der Waals surface area contributed by atoms with Crippen LogP contribution in [-0.4, -0.2) is 58.2 Å². The van der Waals surface area contributed by atoms with E-state index in [1.54, 1.807) is 13.8 Å². The number of rotatable bonds is 16. The van der Waals surface area contributed by atoms with Gasteiger partial charge in [0, 0.05) is 24.2 Å². The number of alkyl halides is 9. The van der Waals surface area contributed by atoms with Crippen LogP contribution in [0.2, 0.25) is 0 Å². The molecule has 0 spiro atoms. The third-order valence-corrected chi connectivity index (χ3v) is 8.98. The summed E-state index contributed by atoms with van der Waals surface area (Å²) in [6, 6.07) is 3.15. The van der Waals surface area contributed by atoms with Gasteiger partial charge in [0.25, 0.3) is 0 Å². The van der Waals surface area contributed by atoms with Crippen LogP contribution in [0.1, 0.15) is 66.2 Å². The predicted octanol–water partition coefficient (Wildman–Crippen LogP) is 8.64. The Labute approximate surface area is 322 Å². The van der Waals surface area contributed by atoms with E-state index in [1.807, 2.05) is 0 Å². The highest BCUT2D eigenvalue weighted by Gasteiger charge is 2.39. The second-order valence-electron chi connectivity index (χ2n) is 12.7. The minimum atomic E-state index is -5.42. The van der Waals surface area contributed by atoms with Crippen LogP contribution in [0.4, 0.5) is 48.7 Å². The van der Waals surface area contributed by atoms with Gasteiger partial charge in [0.2, 0.25) is 0 Å². The maximum absolute atomic E-state index is 14.9. The van der Waals surface area contributed by atoms with E-state index < -0.39 is 112 Å². The molecule has 0 aliphatic heterocycles. The molecule has 324 valence electrons. The van der Waals surface area contributed by atoms with Crippen molar-refractivity contribution in [3.05, 3.63) is 87.7 Å². The van der Waals surface area contributed by atoms with Gasteiger partial charge in [-0.2, -0.15) is 39.5 Å². The predicted molar refractivity (Wildman–Crippen MR) is 180 cm³/mol. The number of carbonyl (C=O) groups is 1. The number of halogens is 10. The molecule has 0 aromatic heterocycles. The van der Waals surface area contributed by atoms with E-state index in [1.165, 1.54) is 6.07 Å². The number of phosphoric acid groups is 2. The molecule has 2 atom stereocenters. The van der Waals surface area contributed by atoms with E-state index in [2.05, 4.69) is 14.4 Å². The third-order valence-electron chi connectivity index (χ3n) is 8.01. The van der Waals surface area contributed by atoms with Crippen LogP contribution in [0.15, 0.2) is 48.5 Å².